The first-order valence-corrected chi connectivity index (χ1v) is 6.14. The minimum absolute atomic E-state index is 0.484. The maximum atomic E-state index is 5.90. The first-order chi connectivity index (χ1) is 7.34. The van der Waals surface area contributed by atoms with E-state index in [-0.39, 0.29) is 0 Å². The maximum absolute atomic E-state index is 5.90. The van der Waals surface area contributed by atoms with Gasteiger partial charge in [-0.05, 0) is 50.0 Å². The van der Waals surface area contributed by atoms with Crippen molar-refractivity contribution < 1.29 is 0 Å². The summed E-state index contributed by atoms with van der Waals surface area (Å²) < 4.78 is 0. The van der Waals surface area contributed by atoms with Crippen molar-refractivity contribution >= 4 is 0 Å². The Kier molecular flexibility index (Phi) is 3.79. The third-order valence-corrected chi connectivity index (χ3v) is 3.58. The largest absolute Gasteiger partial charge is 0.328 e. The van der Waals surface area contributed by atoms with Gasteiger partial charge < -0.3 is 5.73 Å². The van der Waals surface area contributed by atoms with Crippen molar-refractivity contribution in [2.75, 3.05) is 0 Å². The molecule has 2 rings (SSSR count). The molecule has 0 atom stereocenters. The summed E-state index contributed by atoms with van der Waals surface area (Å²) in [6.07, 6.45) is 7.73. The molecule has 1 aliphatic rings. The second-order valence-corrected chi connectivity index (χ2v) is 4.81. The summed E-state index contributed by atoms with van der Waals surface area (Å²) in [6, 6.07) is 11.3. The third-order valence-electron chi connectivity index (χ3n) is 3.58. The Hall–Kier alpha value is -0.820. The average molecular weight is 203 g/mol. The summed E-state index contributed by atoms with van der Waals surface area (Å²) >= 11 is 0. The van der Waals surface area contributed by atoms with E-state index < -0.39 is 0 Å². The lowest BCUT2D eigenvalue weighted by atomic mass is 9.83. The van der Waals surface area contributed by atoms with Gasteiger partial charge in [0, 0.05) is 6.04 Å². The van der Waals surface area contributed by atoms with Gasteiger partial charge in [-0.25, -0.2) is 0 Å². The molecule has 0 aliphatic heterocycles. The smallest absolute Gasteiger partial charge is 0.00390 e. The van der Waals surface area contributed by atoms with E-state index in [1.54, 1.807) is 0 Å². The van der Waals surface area contributed by atoms with Crippen molar-refractivity contribution in [2.45, 2.75) is 44.6 Å². The second kappa shape index (κ2) is 5.32. The summed E-state index contributed by atoms with van der Waals surface area (Å²) in [7, 11) is 0. The zero-order valence-corrected chi connectivity index (χ0v) is 9.36. The van der Waals surface area contributed by atoms with Crippen LogP contribution in [0.2, 0.25) is 0 Å². The van der Waals surface area contributed by atoms with Crippen LogP contribution in [0.1, 0.15) is 37.7 Å². The standard InChI is InChI=1S/C14H21N/c15-14-10-8-13(9-11-14)7-6-12-4-2-1-3-5-12/h1-5,13-14H,6-11,15H2. The van der Waals surface area contributed by atoms with Gasteiger partial charge in [0.2, 0.25) is 0 Å². The number of nitrogens with two attached hydrogens (primary N) is 1. The van der Waals surface area contributed by atoms with E-state index in [2.05, 4.69) is 30.3 Å². The Bertz CT molecular complexity index is 273. The Balaban J connectivity index is 1.74. The highest BCUT2D eigenvalue weighted by atomic mass is 14.6. The van der Waals surface area contributed by atoms with E-state index in [1.807, 2.05) is 0 Å². The summed E-state index contributed by atoms with van der Waals surface area (Å²) in [5.41, 5.74) is 7.38. The van der Waals surface area contributed by atoms with Crippen molar-refractivity contribution in [3.63, 3.8) is 0 Å². The molecule has 0 amide bonds. The first kappa shape index (κ1) is 10.7. The number of hydrogen-bond acceptors (Lipinski definition) is 1. The van der Waals surface area contributed by atoms with E-state index in [0.29, 0.717) is 6.04 Å². The molecule has 1 saturated carbocycles. The minimum Gasteiger partial charge on any atom is -0.328 e. The molecule has 1 aliphatic carbocycles. The Labute approximate surface area is 92.7 Å². The minimum atomic E-state index is 0.484. The van der Waals surface area contributed by atoms with Gasteiger partial charge in [-0.2, -0.15) is 0 Å². The van der Waals surface area contributed by atoms with Gasteiger partial charge in [0.25, 0.3) is 0 Å². The van der Waals surface area contributed by atoms with Gasteiger partial charge >= 0.3 is 0 Å². The normalized spacial score (nSPS) is 26.5. The van der Waals surface area contributed by atoms with Crippen molar-refractivity contribution in [3.05, 3.63) is 35.9 Å². The zero-order chi connectivity index (χ0) is 10.5. The molecule has 0 spiro atoms. The highest BCUT2D eigenvalue weighted by Crippen LogP contribution is 2.26. The van der Waals surface area contributed by atoms with Gasteiger partial charge in [-0.1, -0.05) is 30.3 Å². The van der Waals surface area contributed by atoms with Crippen LogP contribution in [-0.4, -0.2) is 6.04 Å². The monoisotopic (exact) mass is 203 g/mol. The van der Waals surface area contributed by atoms with Crippen molar-refractivity contribution in [1.82, 2.24) is 0 Å². The number of rotatable bonds is 3. The zero-order valence-electron chi connectivity index (χ0n) is 9.36. The summed E-state index contributed by atoms with van der Waals surface area (Å²) in [4.78, 5) is 0. The van der Waals surface area contributed by atoms with Gasteiger partial charge in [0.15, 0.2) is 0 Å². The molecule has 1 fully saturated rings. The Morgan fingerprint density at radius 1 is 1.00 bits per heavy atom. The fourth-order valence-corrected chi connectivity index (χ4v) is 2.49. The molecule has 0 radical (unpaired) electrons. The van der Waals surface area contributed by atoms with E-state index >= 15 is 0 Å². The van der Waals surface area contributed by atoms with Gasteiger partial charge in [-0.3, -0.25) is 0 Å². The molecule has 1 nitrogen and oxygen atoms in total. The Morgan fingerprint density at radius 2 is 1.67 bits per heavy atom. The molecule has 0 aromatic heterocycles. The van der Waals surface area contributed by atoms with Gasteiger partial charge in [0.1, 0.15) is 0 Å². The average Bonchev–Trinajstić information content (AvgIpc) is 2.30. The molecule has 0 heterocycles. The van der Waals surface area contributed by atoms with Crippen LogP contribution in [0.4, 0.5) is 0 Å². The molecule has 1 heteroatoms. The molecule has 15 heavy (non-hydrogen) atoms. The van der Waals surface area contributed by atoms with Crippen LogP contribution in [0.5, 0.6) is 0 Å². The van der Waals surface area contributed by atoms with E-state index in [9.17, 15) is 0 Å². The molecular formula is C14H21N. The molecule has 0 bridgehead atoms. The van der Waals surface area contributed by atoms with Crippen molar-refractivity contribution in [2.24, 2.45) is 11.7 Å². The lowest BCUT2D eigenvalue weighted by molar-refractivity contribution is 0.311. The number of hydrogen-bond donors (Lipinski definition) is 1. The third kappa shape index (κ3) is 3.35. The molecule has 0 unspecified atom stereocenters. The van der Waals surface area contributed by atoms with Crippen LogP contribution < -0.4 is 5.73 Å². The molecule has 1 aromatic rings. The van der Waals surface area contributed by atoms with E-state index in [0.717, 1.165) is 5.92 Å². The van der Waals surface area contributed by atoms with Crippen molar-refractivity contribution in [1.29, 1.82) is 0 Å². The van der Waals surface area contributed by atoms with Gasteiger partial charge in [-0.15, -0.1) is 0 Å². The van der Waals surface area contributed by atoms with E-state index in [4.69, 9.17) is 5.73 Å². The summed E-state index contributed by atoms with van der Waals surface area (Å²) in [6.45, 7) is 0. The van der Waals surface area contributed by atoms with Crippen LogP contribution in [0.3, 0.4) is 0 Å². The SMILES string of the molecule is NC1CCC(CCc2ccccc2)CC1. The summed E-state index contributed by atoms with van der Waals surface area (Å²) in [5, 5.41) is 0. The quantitative estimate of drug-likeness (QED) is 0.802. The molecule has 82 valence electrons. The molecular weight excluding hydrogens is 182 g/mol. The highest BCUT2D eigenvalue weighted by Gasteiger charge is 2.17. The lowest BCUT2D eigenvalue weighted by Crippen LogP contribution is -2.26. The first-order valence-electron chi connectivity index (χ1n) is 6.14. The Morgan fingerprint density at radius 3 is 2.33 bits per heavy atom. The summed E-state index contributed by atoms with van der Waals surface area (Å²) in [5.74, 6) is 0.921. The van der Waals surface area contributed by atoms with Crippen LogP contribution >= 0.6 is 0 Å². The number of aryl methyl sites for hydroxylation is 1. The predicted molar refractivity (Wildman–Crippen MR) is 64.7 cm³/mol. The van der Waals surface area contributed by atoms with Crippen LogP contribution in [-0.2, 0) is 6.42 Å². The van der Waals surface area contributed by atoms with Crippen molar-refractivity contribution in [3.8, 4) is 0 Å². The van der Waals surface area contributed by atoms with E-state index in [1.165, 1.54) is 44.1 Å². The molecule has 1 aromatic carbocycles. The topological polar surface area (TPSA) is 26.0 Å². The highest BCUT2D eigenvalue weighted by molar-refractivity contribution is 5.14. The number of benzene rings is 1. The maximum Gasteiger partial charge on any atom is 0.00390 e. The fraction of sp³-hybridized carbons (Fsp3) is 0.571. The molecule has 0 saturated heterocycles. The van der Waals surface area contributed by atoms with Crippen LogP contribution in [0.15, 0.2) is 30.3 Å². The predicted octanol–water partition coefficient (Wildman–Crippen LogP) is 3.14. The van der Waals surface area contributed by atoms with Crippen LogP contribution in [0, 0.1) is 5.92 Å². The lowest BCUT2D eigenvalue weighted by Gasteiger charge is -2.25. The second-order valence-electron chi connectivity index (χ2n) is 4.81. The fourth-order valence-electron chi connectivity index (χ4n) is 2.49. The molecule has 2 N–H and O–H groups in total. The van der Waals surface area contributed by atoms with Crippen LogP contribution in [0.25, 0.3) is 0 Å². The van der Waals surface area contributed by atoms with Gasteiger partial charge in [0.05, 0.1) is 0 Å².